The molecule has 1 fully saturated rings. The predicted octanol–water partition coefficient (Wildman–Crippen LogP) is 7.87. The number of unbranched alkanes of at least 4 members (excludes halogenated alkanes) is 2. The van der Waals surface area contributed by atoms with E-state index in [4.69, 9.17) is 9.47 Å². The maximum atomic E-state index is 13.6. The first-order valence-corrected chi connectivity index (χ1v) is 12.4. The Morgan fingerprint density at radius 2 is 1.53 bits per heavy atom. The molecule has 0 unspecified atom stereocenters. The summed E-state index contributed by atoms with van der Waals surface area (Å²) in [6, 6.07) is 14.0. The SMILES string of the molecule is CCCCCOc1ccc(Nc2ncc(C(F)(F)F)c(Nc3ccc(OC4CCCC4)cc3)n2)cc1. The number of nitrogens with zero attached hydrogens (tertiary/aromatic N) is 2. The number of halogens is 3. The minimum atomic E-state index is -4.61. The van der Waals surface area contributed by atoms with Gasteiger partial charge in [-0.1, -0.05) is 19.8 Å². The summed E-state index contributed by atoms with van der Waals surface area (Å²) >= 11 is 0. The fourth-order valence-electron chi connectivity index (χ4n) is 4.00. The highest BCUT2D eigenvalue weighted by Crippen LogP contribution is 2.36. The molecule has 36 heavy (non-hydrogen) atoms. The molecule has 1 heterocycles. The van der Waals surface area contributed by atoms with E-state index < -0.39 is 11.7 Å². The highest BCUT2D eigenvalue weighted by Gasteiger charge is 2.35. The topological polar surface area (TPSA) is 68.3 Å². The summed E-state index contributed by atoms with van der Waals surface area (Å²) in [6.45, 7) is 2.78. The molecule has 2 aromatic carbocycles. The Kier molecular flexibility index (Phi) is 8.51. The standard InChI is InChI=1S/C27H31F3N4O2/c1-2-3-6-17-35-21-13-9-20(10-14-21)33-26-31-18-24(27(28,29)30)25(34-26)32-19-11-15-23(16-12-19)36-22-7-4-5-8-22/h9-16,18,22H,2-8,17H2,1H3,(H2,31,32,33,34). The van der Waals surface area contributed by atoms with E-state index in [9.17, 15) is 13.2 Å². The highest BCUT2D eigenvalue weighted by molar-refractivity contribution is 5.63. The molecule has 6 nitrogen and oxygen atoms in total. The third kappa shape index (κ3) is 7.26. The van der Waals surface area contributed by atoms with Gasteiger partial charge in [-0.15, -0.1) is 0 Å². The van der Waals surface area contributed by atoms with Crippen LogP contribution in [0.25, 0.3) is 0 Å². The predicted molar refractivity (Wildman–Crippen MR) is 134 cm³/mol. The Morgan fingerprint density at radius 3 is 2.17 bits per heavy atom. The number of aromatic nitrogens is 2. The van der Waals surface area contributed by atoms with Crippen molar-refractivity contribution in [1.29, 1.82) is 0 Å². The zero-order valence-electron chi connectivity index (χ0n) is 20.3. The summed E-state index contributed by atoms with van der Waals surface area (Å²) in [5, 5.41) is 5.74. The van der Waals surface area contributed by atoms with Gasteiger partial charge in [0.05, 0.1) is 12.7 Å². The van der Waals surface area contributed by atoms with Crippen LogP contribution in [0.1, 0.15) is 57.4 Å². The Bertz CT molecular complexity index is 1100. The number of alkyl halides is 3. The number of ether oxygens (including phenoxy) is 2. The van der Waals surface area contributed by atoms with Crippen molar-refractivity contribution in [3.05, 3.63) is 60.3 Å². The van der Waals surface area contributed by atoms with Crippen molar-refractivity contribution in [2.75, 3.05) is 17.2 Å². The van der Waals surface area contributed by atoms with E-state index in [-0.39, 0.29) is 17.9 Å². The molecule has 2 N–H and O–H groups in total. The number of anilines is 4. The molecule has 0 amide bonds. The molecule has 9 heteroatoms. The number of nitrogens with one attached hydrogen (secondary N) is 2. The third-order valence-corrected chi connectivity index (χ3v) is 5.94. The fraction of sp³-hybridized carbons (Fsp3) is 0.407. The van der Waals surface area contributed by atoms with Gasteiger partial charge in [0.2, 0.25) is 5.95 Å². The molecule has 0 saturated heterocycles. The molecular formula is C27H31F3N4O2. The van der Waals surface area contributed by atoms with Gasteiger partial charge in [-0.05, 0) is 80.6 Å². The van der Waals surface area contributed by atoms with Gasteiger partial charge in [-0.25, -0.2) is 4.98 Å². The van der Waals surface area contributed by atoms with Gasteiger partial charge < -0.3 is 20.1 Å². The summed E-state index contributed by atoms with van der Waals surface area (Å²) in [7, 11) is 0. The average Bonchev–Trinajstić information content (AvgIpc) is 3.37. The lowest BCUT2D eigenvalue weighted by Gasteiger charge is -2.16. The molecule has 192 valence electrons. The Hall–Kier alpha value is -3.49. The molecule has 0 radical (unpaired) electrons. The Balaban J connectivity index is 1.44. The van der Waals surface area contributed by atoms with Crippen molar-refractivity contribution >= 4 is 23.1 Å². The van der Waals surface area contributed by atoms with E-state index >= 15 is 0 Å². The van der Waals surface area contributed by atoms with Crippen LogP contribution in [0.15, 0.2) is 54.7 Å². The second-order valence-corrected chi connectivity index (χ2v) is 8.83. The first-order valence-electron chi connectivity index (χ1n) is 12.4. The van der Waals surface area contributed by atoms with Gasteiger partial charge in [0.15, 0.2) is 0 Å². The summed E-state index contributed by atoms with van der Waals surface area (Å²) in [6.07, 6.45) is 3.97. The maximum Gasteiger partial charge on any atom is 0.421 e. The minimum Gasteiger partial charge on any atom is -0.494 e. The van der Waals surface area contributed by atoms with Gasteiger partial charge in [0.25, 0.3) is 0 Å². The molecule has 0 bridgehead atoms. The van der Waals surface area contributed by atoms with E-state index in [1.807, 2.05) is 0 Å². The summed E-state index contributed by atoms with van der Waals surface area (Å²) in [5.41, 5.74) is 0.152. The van der Waals surface area contributed by atoms with Gasteiger partial charge >= 0.3 is 6.18 Å². The lowest BCUT2D eigenvalue weighted by Crippen LogP contribution is -2.13. The van der Waals surface area contributed by atoms with Gasteiger partial charge in [0, 0.05) is 17.6 Å². The molecule has 0 aliphatic heterocycles. The maximum absolute atomic E-state index is 13.6. The first-order chi connectivity index (χ1) is 17.4. The number of hydrogen-bond donors (Lipinski definition) is 2. The molecule has 0 atom stereocenters. The van der Waals surface area contributed by atoms with Gasteiger partial charge in [-0.2, -0.15) is 18.2 Å². The van der Waals surface area contributed by atoms with Crippen LogP contribution in [0.3, 0.4) is 0 Å². The molecular weight excluding hydrogens is 469 g/mol. The first kappa shape index (κ1) is 25.6. The zero-order chi connectivity index (χ0) is 25.4. The molecule has 3 aromatic rings. The average molecular weight is 501 g/mol. The minimum absolute atomic E-state index is 0.0447. The molecule has 1 aliphatic carbocycles. The summed E-state index contributed by atoms with van der Waals surface area (Å²) in [5.74, 6) is 1.14. The van der Waals surface area contributed by atoms with Crippen molar-refractivity contribution in [1.82, 2.24) is 9.97 Å². The van der Waals surface area contributed by atoms with Crippen molar-refractivity contribution in [3.8, 4) is 11.5 Å². The van der Waals surface area contributed by atoms with Crippen LogP contribution in [0.2, 0.25) is 0 Å². The second-order valence-electron chi connectivity index (χ2n) is 8.83. The van der Waals surface area contributed by atoms with Crippen molar-refractivity contribution < 1.29 is 22.6 Å². The van der Waals surface area contributed by atoms with Crippen LogP contribution in [0, 0.1) is 0 Å². The zero-order valence-corrected chi connectivity index (χ0v) is 20.3. The van der Waals surface area contributed by atoms with E-state index in [0.29, 0.717) is 23.7 Å². The van der Waals surface area contributed by atoms with E-state index in [1.54, 1.807) is 48.5 Å². The molecule has 1 aromatic heterocycles. The van der Waals surface area contributed by atoms with Gasteiger partial charge in [-0.3, -0.25) is 0 Å². The van der Waals surface area contributed by atoms with E-state index in [2.05, 4.69) is 27.5 Å². The number of rotatable bonds is 11. The fourth-order valence-corrected chi connectivity index (χ4v) is 4.00. The molecule has 1 saturated carbocycles. The van der Waals surface area contributed by atoms with E-state index in [1.165, 1.54) is 0 Å². The monoisotopic (exact) mass is 500 g/mol. The van der Waals surface area contributed by atoms with Gasteiger partial charge in [0.1, 0.15) is 22.9 Å². The lowest BCUT2D eigenvalue weighted by atomic mass is 10.2. The Morgan fingerprint density at radius 1 is 0.889 bits per heavy atom. The van der Waals surface area contributed by atoms with Crippen LogP contribution < -0.4 is 20.1 Å². The van der Waals surface area contributed by atoms with Crippen LogP contribution in [0.5, 0.6) is 11.5 Å². The lowest BCUT2D eigenvalue weighted by molar-refractivity contribution is -0.137. The summed E-state index contributed by atoms with van der Waals surface area (Å²) in [4.78, 5) is 7.99. The van der Waals surface area contributed by atoms with Crippen molar-refractivity contribution in [2.45, 2.75) is 64.1 Å². The van der Waals surface area contributed by atoms with Crippen molar-refractivity contribution in [3.63, 3.8) is 0 Å². The highest BCUT2D eigenvalue weighted by atomic mass is 19.4. The Labute approximate surface area is 209 Å². The molecule has 4 rings (SSSR count). The van der Waals surface area contributed by atoms with Crippen LogP contribution >= 0.6 is 0 Å². The smallest absolute Gasteiger partial charge is 0.421 e. The second kappa shape index (κ2) is 12.0. The van der Waals surface area contributed by atoms with Crippen molar-refractivity contribution in [2.24, 2.45) is 0 Å². The molecule has 1 aliphatic rings. The number of hydrogen-bond acceptors (Lipinski definition) is 6. The quantitative estimate of drug-likeness (QED) is 0.261. The molecule has 0 spiro atoms. The third-order valence-electron chi connectivity index (χ3n) is 5.94. The van der Waals surface area contributed by atoms with Crippen LogP contribution in [-0.2, 0) is 6.18 Å². The number of benzene rings is 2. The normalized spacial score (nSPS) is 14.0. The largest absolute Gasteiger partial charge is 0.494 e. The van der Waals surface area contributed by atoms with Crippen LogP contribution in [-0.4, -0.2) is 22.7 Å². The van der Waals surface area contributed by atoms with Crippen LogP contribution in [0.4, 0.5) is 36.3 Å². The summed E-state index contributed by atoms with van der Waals surface area (Å²) < 4.78 is 52.5. The van der Waals surface area contributed by atoms with E-state index in [0.717, 1.165) is 56.9 Å².